The monoisotopic (exact) mass is 294 g/mol. The van der Waals surface area contributed by atoms with Gasteiger partial charge in [-0.25, -0.2) is 13.2 Å². The Morgan fingerprint density at radius 2 is 1.90 bits per heavy atom. The SMILES string of the molecule is Cc1cn2c(c1C(=O)Nc1cc(F)c(F)c(F)c1)CCC2. The molecule has 3 nitrogen and oxygen atoms in total. The summed E-state index contributed by atoms with van der Waals surface area (Å²) in [7, 11) is 0. The predicted molar refractivity (Wildman–Crippen MR) is 71.8 cm³/mol. The Morgan fingerprint density at radius 1 is 1.24 bits per heavy atom. The highest BCUT2D eigenvalue weighted by Crippen LogP contribution is 2.26. The maximum atomic E-state index is 13.2. The molecule has 1 amide bonds. The third-order valence-electron chi connectivity index (χ3n) is 3.66. The maximum Gasteiger partial charge on any atom is 0.257 e. The van der Waals surface area contributed by atoms with Gasteiger partial charge in [-0.3, -0.25) is 4.79 Å². The van der Waals surface area contributed by atoms with Crippen LogP contribution in [0.3, 0.4) is 0 Å². The van der Waals surface area contributed by atoms with Crippen LogP contribution in [0.15, 0.2) is 18.3 Å². The van der Waals surface area contributed by atoms with Crippen LogP contribution in [0.25, 0.3) is 0 Å². The van der Waals surface area contributed by atoms with Crippen LogP contribution in [0.2, 0.25) is 0 Å². The molecular weight excluding hydrogens is 281 g/mol. The first kappa shape index (κ1) is 13.7. The number of fused-ring (bicyclic) bond motifs is 1. The van der Waals surface area contributed by atoms with Crippen molar-refractivity contribution >= 4 is 11.6 Å². The lowest BCUT2D eigenvalue weighted by molar-refractivity contribution is 0.102. The number of anilines is 1. The van der Waals surface area contributed by atoms with E-state index in [0.29, 0.717) is 5.56 Å². The van der Waals surface area contributed by atoms with Gasteiger partial charge >= 0.3 is 0 Å². The van der Waals surface area contributed by atoms with Gasteiger partial charge in [0.25, 0.3) is 5.91 Å². The quantitative estimate of drug-likeness (QED) is 0.846. The minimum absolute atomic E-state index is 0.103. The van der Waals surface area contributed by atoms with E-state index in [1.807, 2.05) is 17.7 Å². The van der Waals surface area contributed by atoms with Crippen LogP contribution in [0.5, 0.6) is 0 Å². The van der Waals surface area contributed by atoms with Gasteiger partial charge in [0, 0.05) is 36.3 Å². The average molecular weight is 294 g/mol. The summed E-state index contributed by atoms with van der Waals surface area (Å²) in [6.45, 7) is 2.68. The number of aryl methyl sites for hydroxylation is 2. The van der Waals surface area contributed by atoms with Gasteiger partial charge in [0.15, 0.2) is 17.5 Å². The van der Waals surface area contributed by atoms with E-state index in [-0.39, 0.29) is 5.69 Å². The molecule has 0 spiro atoms. The highest BCUT2D eigenvalue weighted by atomic mass is 19.2. The van der Waals surface area contributed by atoms with Crippen molar-refractivity contribution < 1.29 is 18.0 Å². The minimum atomic E-state index is -1.55. The summed E-state index contributed by atoms with van der Waals surface area (Å²) < 4.78 is 41.2. The summed E-state index contributed by atoms with van der Waals surface area (Å²) in [5, 5.41) is 2.42. The van der Waals surface area contributed by atoms with E-state index in [1.54, 1.807) is 0 Å². The fourth-order valence-corrected chi connectivity index (χ4v) is 2.76. The van der Waals surface area contributed by atoms with Crippen molar-refractivity contribution in [2.24, 2.45) is 0 Å². The molecule has 0 bridgehead atoms. The van der Waals surface area contributed by atoms with Crippen molar-refractivity contribution in [3.05, 3.63) is 52.6 Å². The number of rotatable bonds is 2. The predicted octanol–water partition coefficient (Wildman–Crippen LogP) is 3.41. The number of nitrogens with zero attached hydrogens (tertiary/aromatic N) is 1. The molecule has 1 aromatic heterocycles. The maximum absolute atomic E-state index is 13.2. The van der Waals surface area contributed by atoms with Crippen molar-refractivity contribution in [3.8, 4) is 0 Å². The van der Waals surface area contributed by atoms with Crippen LogP contribution in [0.1, 0.15) is 28.0 Å². The first-order chi connectivity index (χ1) is 9.97. The second-order valence-corrected chi connectivity index (χ2v) is 5.14. The first-order valence-electron chi connectivity index (χ1n) is 6.62. The van der Waals surface area contributed by atoms with Gasteiger partial charge in [0.1, 0.15) is 0 Å². The molecule has 1 aliphatic rings. The highest BCUT2D eigenvalue weighted by molar-refractivity contribution is 6.06. The number of benzene rings is 1. The van der Waals surface area contributed by atoms with Gasteiger partial charge in [-0.2, -0.15) is 0 Å². The summed E-state index contributed by atoms with van der Waals surface area (Å²) >= 11 is 0. The van der Waals surface area contributed by atoms with Crippen molar-refractivity contribution in [3.63, 3.8) is 0 Å². The van der Waals surface area contributed by atoms with Crippen molar-refractivity contribution in [2.75, 3.05) is 5.32 Å². The summed E-state index contributed by atoms with van der Waals surface area (Å²) in [6, 6.07) is 1.53. The third-order valence-corrected chi connectivity index (χ3v) is 3.66. The number of aromatic nitrogens is 1. The van der Waals surface area contributed by atoms with E-state index in [4.69, 9.17) is 0 Å². The number of hydrogen-bond donors (Lipinski definition) is 1. The molecule has 0 radical (unpaired) electrons. The lowest BCUT2D eigenvalue weighted by atomic mass is 10.1. The summed E-state index contributed by atoms with van der Waals surface area (Å²) in [6.07, 6.45) is 3.65. The average Bonchev–Trinajstić information content (AvgIpc) is 2.95. The van der Waals surface area contributed by atoms with Gasteiger partial charge in [0.05, 0.1) is 5.56 Å². The first-order valence-corrected chi connectivity index (χ1v) is 6.62. The number of carbonyl (C=O) groups is 1. The second kappa shape index (κ2) is 4.95. The van der Waals surface area contributed by atoms with E-state index in [0.717, 1.165) is 42.8 Å². The van der Waals surface area contributed by atoms with Crippen LogP contribution >= 0.6 is 0 Å². The van der Waals surface area contributed by atoms with E-state index < -0.39 is 23.4 Å². The highest BCUT2D eigenvalue weighted by Gasteiger charge is 2.23. The summed E-state index contributed by atoms with van der Waals surface area (Å²) in [5.74, 6) is -4.64. The minimum Gasteiger partial charge on any atom is -0.350 e. The van der Waals surface area contributed by atoms with Crippen molar-refractivity contribution in [1.82, 2.24) is 4.57 Å². The van der Waals surface area contributed by atoms with E-state index in [9.17, 15) is 18.0 Å². The Morgan fingerprint density at radius 3 is 2.57 bits per heavy atom. The molecule has 1 N–H and O–H groups in total. The topological polar surface area (TPSA) is 34.0 Å². The molecule has 2 heterocycles. The van der Waals surface area contributed by atoms with Crippen LogP contribution in [0.4, 0.5) is 18.9 Å². The van der Waals surface area contributed by atoms with Crippen molar-refractivity contribution in [2.45, 2.75) is 26.3 Å². The van der Waals surface area contributed by atoms with Gasteiger partial charge < -0.3 is 9.88 Å². The molecule has 0 aliphatic carbocycles. The summed E-state index contributed by atoms with van der Waals surface area (Å²) in [4.78, 5) is 12.3. The Balaban J connectivity index is 1.91. The molecule has 3 rings (SSSR count). The molecule has 0 atom stereocenters. The largest absolute Gasteiger partial charge is 0.350 e. The Bertz CT molecular complexity index is 714. The van der Waals surface area contributed by atoms with Crippen LogP contribution < -0.4 is 5.32 Å². The molecule has 0 saturated heterocycles. The molecule has 21 heavy (non-hydrogen) atoms. The van der Waals surface area contributed by atoms with Gasteiger partial charge in [0.2, 0.25) is 0 Å². The number of halogens is 3. The fraction of sp³-hybridized carbons (Fsp3) is 0.267. The number of amides is 1. The van der Waals surface area contributed by atoms with Gasteiger partial charge in [-0.1, -0.05) is 0 Å². The van der Waals surface area contributed by atoms with E-state index in [1.165, 1.54) is 0 Å². The van der Waals surface area contributed by atoms with Gasteiger partial charge in [-0.05, 0) is 25.3 Å². The molecule has 0 fully saturated rings. The smallest absolute Gasteiger partial charge is 0.257 e. The molecule has 110 valence electrons. The zero-order chi connectivity index (χ0) is 15.1. The number of hydrogen-bond acceptors (Lipinski definition) is 1. The molecule has 1 aromatic carbocycles. The number of carbonyl (C=O) groups excluding carboxylic acids is 1. The Kier molecular flexibility index (Phi) is 3.23. The lowest BCUT2D eigenvalue weighted by Gasteiger charge is -2.08. The van der Waals surface area contributed by atoms with Crippen LogP contribution in [-0.4, -0.2) is 10.5 Å². The zero-order valence-corrected chi connectivity index (χ0v) is 11.3. The number of nitrogens with one attached hydrogen (secondary N) is 1. The van der Waals surface area contributed by atoms with E-state index in [2.05, 4.69) is 5.32 Å². The van der Waals surface area contributed by atoms with Gasteiger partial charge in [-0.15, -0.1) is 0 Å². The zero-order valence-electron chi connectivity index (χ0n) is 11.3. The van der Waals surface area contributed by atoms with Crippen LogP contribution in [-0.2, 0) is 13.0 Å². The van der Waals surface area contributed by atoms with Crippen molar-refractivity contribution in [1.29, 1.82) is 0 Å². The Hall–Kier alpha value is -2.24. The third kappa shape index (κ3) is 2.30. The summed E-state index contributed by atoms with van der Waals surface area (Å²) in [5.41, 5.74) is 2.16. The molecular formula is C15H13F3N2O. The molecule has 1 aliphatic heterocycles. The molecule has 0 unspecified atom stereocenters. The lowest BCUT2D eigenvalue weighted by Crippen LogP contribution is -2.15. The van der Waals surface area contributed by atoms with E-state index >= 15 is 0 Å². The normalized spacial score (nSPS) is 13.3. The van der Waals surface area contributed by atoms with Crippen LogP contribution in [0, 0.1) is 24.4 Å². The molecule has 0 saturated carbocycles. The standard InChI is InChI=1S/C15H13F3N2O/c1-8-7-20-4-2-3-12(20)13(8)15(21)19-9-5-10(16)14(18)11(17)6-9/h5-7H,2-4H2,1H3,(H,19,21). The molecule has 6 heteroatoms. The second-order valence-electron chi connectivity index (χ2n) is 5.14. The Labute approximate surface area is 119 Å². The fourth-order valence-electron chi connectivity index (χ4n) is 2.76. The molecule has 2 aromatic rings.